The minimum Gasteiger partial charge on any atom is -0.481 e. The second-order valence-corrected chi connectivity index (χ2v) is 5.08. The molecule has 0 spiro atoms. The zero-order valence-corrected chi connectivity index (χ0v) is 10.3. The molecule has 2 nitrogen and oxygen atoms in total. The van der Waals surface area contributed by atoms with Gasteiger partial charge in [0.05, 0.1) is 10.4 Å². The van der Waals surface area contributed by atoms with Crippen LogP contribution in [0.3, 0.4) is 0 Å². The van der Waals surface area contributed by atoms with Crippen molar-refractivity contribution in [3.05, 3.63) is 34.6 Å². The summed E-state index contributed by atoms with van der Waals surface area (Å²) in [7, 11) is 0. The number of benzene rings is 1. The average molecular weight is 257 g/mol. The van der Waals surface area contributed by atoms with Crippen molar-refractivity contribution < 1.29 is 14.3 Å². The van der Waals surface area contributed by atoms with Crippen LogP contribution in [0.4, 0.5) is 4.39 Å². The summed E-state index contributed by atoms with van der Waals surface area (Å²) in [6.45, 7) is 2.02. The molecule has 1 fully saturated rings. The molecule has 1 saturated carbocycles. The fourth-order valence-electron chi connectivity index (χ4n) is 2.60. The van der Waals surface area contributed by atoms with Gasteiger partial charge in [0.25, 0.3) is 0 Å². The minimum absolute atomic E-state index is 0.0110. The van der Waals surface area contributed by atoms with Crippen molar-refractivity contribution in [2.45, 2.75) is 31.6 Å². The zero-order valence-electron chi connectivity index (χ0n) is 9.54. The first-order valence-electron chi connectivity index (χ1n) is 5.69. The van der Waals surface area contributed by atoms with E-state index in [1.54, 1.807) is 6.07 Å². The number of halogens is 2. The van der Waals surface area contributed by atoms with Gasteiger partial charge in [-0.15, -0.1) is 0 Å². The molecule has 0 amide bonds. The number of carboxylic acids is 1. The van der Waals surface area contributed by atoms with Crippen LogP contribution in [0.5, 0.6) is 0 Å². The Morgan fingerprint density at radius 3 is 2.76 bits per heavy atom. The summed E-state index contributed by atoms with van der Waals surface area (Å²) < 4.78 is 13.9. The second kappa shape index (κ2) is 4.30. The predicted octanol–water partition coefficient (Wildman–Crippen LogP) is 3.62. The molecule has 2 rings (SSSR count). The summed E-state index contributed by atoms with van der Waals surface area (Å²) in [5, 5.41) is 9.35. The standard InChI is InChI=1S/C13H14ClFO2/c1-2-8-6-13(7-8,12(16)17)9-4-3-5-10(14)11(9)15/h3-5,8H,2,6-7H2,1H3,(H,16,17). The number of rotatable bonds is 3. The van der Waals surface area contributed by atoms with Crippen LogP contribution in [-0.4, -0.2) is 11.1 Å². The van der Waals surface area contributed by atoms with E-state index in [2.05, 4.69) is 0 Å². The highest BCUT2D eigenvalue weighted by molar-refractivity contribution is 6.30. The van der Waals surface area contributed by atoms with Gasteiger partial charge < -0.3 is 5.11 Å². The van der Waals surface area contributed by atoms with E-state index in [0.29, 0.717) is 18.8 Å². The van der Waals surface area contributed by atoms with Gasteiger partial charge in [-0.05, 0) is 24.8 Å². The van der Waals surface area contributed by atoms with Crippen molar-refractivity contribution in [1.29, 1.82) is 0 Å². The van der Waals surface area contributed by atoms with Crippen molar-refractivity contribution in [3.63, 3.8) is 0 Å². The topological polar surface area (TPSA) is 37.3 Å². The average Bonchev–Trinajstić information content (AvgIpc) is 2.22. The Hall–Kier alpha value is -1.09. The molecule has 0 bridgehead atoms. The van der Waals surface area contributed by atoms with Crippen LogP contribution in [-0.2, 0) is 10.2 Å². The van der Waals surface area contributed by atoms with E-state index in [4.69, 9.17) is 11.6 Å². The quantitative estimate of drug-likeness (QED) is 0.897. The van der Waals surface area contributed by atoms with Crippen LogP contribution in [0.15, 0.2) is 18.2 Å². The fraction of sp³-hybridized carbons (Fsp3) is 0.462. The van der Waals surface area contributed by atoms with Gasteiger partial charge >= 0.3 is 5.97 Å². The molecule has 1 N–H and O–H groups in total. The summed E-state index contributed by atoms with van der Waals surface area (Å²) in [5.74, 6) is -1.18. The van der Waals surface area contributed by atoms with Gasteiger partial charge in [-0.3, -0.25) is 4.79 Å². The zero-order chi connectivity index (χ0) is 12.6. The Kier molecular flexibility index (Phi) is 3.13. The Morgan fingerprint density at radius 2 is 2.24 bits per heavy atom. The fourth-order valence-corrected chi connectivity index (χ4v) is 2.77. The number of carbonyl (C=O) groups is 1. The van der Waals surface area contributed by atoms with Crippen molar-refractivity contribution in [3.8, 4) is 0 Å². The van der Waals surface area contributed by atoms with Gasteiger partial charge in [0, 0.05) is 5.56 Å². The normalized spacial score (nSPS) is 27.6. The van der Waals surface area contributed by atoms with Crippen LogP contribution < -0.4 is 0 Å². The van der Waals surface area contributed by atoms with Gasteiger partial charge in [0.1, 0.15) is 5.82 Å². The lowest BCUT2D eigenvalue weighted by atomic mass is 9.58. The van der Waals surface area contributed by atoms with Crippen LogP contribution in [0, 0.1) is 11.7 Å². The molecule has 1 aliphatic carbocycles. The number of aliphatic carboxylic acids is 1. The third-order valence-electron chi connectivity index (χ3n) is 3.73. The Morgan fingerprint density at radius 1 is 1.59 bits per heavy atom. The van der Waals surface area contributed by atoms with Crippen molar-refractivity contribution >= 4 is 17.6 Å². The van der Waals surface area contributed by atoms with Gasteiger partial charge in [0.2, 0.25) is 0 Å². The summed E-state index contributed by atoms with van der Waals surface area (Å²) in [5.41, 5.74) is -0.849. The SMILES string of the molecule is CCC1CC(C(=O)O)(c2cccc(Cl)c2F)C1. The third-order valence-corrected chi connectivity index (χ3v) is 4.02. The molecule has 1 aromatic carbocycles. The Bertz CT molecular complexity index is 453. The van der Waals surface area contributed by atoms with Crippen LogP contribution >= 0.6 is 11.6 Å². The molecule has 0 radical (unpaired) electrons. The number of carboxylic acid groups (broad SMARTS) is 1. The van der Waals surface area contributed by atoms with E-state index >= 15 is 0 Å². The maximum atomic E-state index is 13.9. The van der Waals surface area contributed by atoms with Gasteiger partial charge in [-0.2, -0.15) is 0 Å². The summed E-state index contributed by atoms with van der Waals surface area (Å²) in [6.07, 6.45) is 1.92. The first kappa shape index (κ1) is 12.4. The molecule has 0 aromatic heterocycles. The monoisotopic (exact) mass is 256 g/mol. The maximum Gasteiger partial charge on any atom is 0.314 e. The smallest absolute Gasteiger partial charge is 0.314 e. The van der Waals surface area contributed by atoms with Crippen molar-refractivity contribution in [1.82, 2.24) is 0 Å². The van der Waals surface area contributed by atoms with E-state index in [0.717, 1.165) is 6.42 Å². The highest BCUT2D eigenvalue weighted by atomic mass is 35.5. The van der Waals surface area contributed by atoms with E-state index in [-0.39, 0.29) is 10.6 Å². The molecule has 0 atom stereocenters. The van der Waals surface area contributed by atoms with E-state index in [1.807, 2.05) is 6.92 Å². The van der Waals surface area contributed by atoms with Crippen LogP contribution in [0.1, 0.15) is 31.7 Å². The van der Waals surface area contributed by atoms with E-state index < -0.39 is 17.2 Å². The first-order chi connectivity index (χ1) is 8.01. The third kappa shape index (κ3) is 1.82. The molecule has 0 unspecified atom stereocenters. The predicted molar refractivity (Wildman–Crippen MR) is 63.7 cm³/mol. The highest BCUT2D eigenvalue weighted by Crippen LogP contribution is 2.50. The molecule has 1 aromatic rings. The lowest BCUT2D eigenvalue weighted by Crippen LogP contribution is -2.48. The number of hydrogen-bond acceptors (Lipinski definition) is 1. The Balaban J connectivity index is 2.42. The number of hydrogen-bond donors (Lipinski definition) is 1. The molecule has 0 aliphatic heterocycles. The van der Waals surface area contributed by atoms with Gasteiger partial charge in [-0.25, -0.2) is 4.39 Å². The first-order valence-corrected chi connectivity index (χ1v) is 6.07. The molecular weight excluding hydrogens is 243 g/mol. The summed E-state index contributed by atoms with van der Waals surface area (Å²) in [4.78, 5) is 11.4. The molecule has 17 heavy (non-hydrogen) atoms. The van der Waals surface area contributed by atoms with E-state index in [1.165, 1.54) is 12.1 Å². The van der Waals surface area contributed by atoms with E-state index in [9.17, 15) is 14.3 Å². The van der Waals surface area contributed by atoms with Crippen LogP contribution in [0.2, 0.25) is 5.02 Å². The minimum atomic E-state index is -1.07. The highest BCUT2D eigenvalue weighted by Gasteiger charge is 2.52. The maximum absolute atomic E-state index is 13.9. The second-order valence-electron chi connectivity index (χ2n) is 4.67. The molecule has 1 aliphatic rings. The Labute approximate surface area is 104 Å². The lowest BCUT2D eigenvalue weighted by Gasteiger charge is -2.44. The largest absolute Gasteiger partial charge is 0.481 e. The van der Waals surface area contributed by atoms with Crippen molar-refractivity contribution in [2.24, 2.45) is 5.92 Å². The van der Waals surface area contributed by atoms with Gasteiger partial charge in [-0.1, -0.05) is 37.1 Å². The molecule has 4 heteroatoms. The summed E-state index contributed by atoms with van der Waals surface area (Å²) >= 11 is 5.71. The lowest BCUT2D eigenvalue weighted by molar-refractivity contribution is -0.150. The molecular formula is C13H14ClFO2. The van der Waals surface area contributed by atoms with Gasteiger partial charge in [0.15, 0.2) is 0 Å². The summed E-state index contributed by atoms with van der Waals surface area (Å²) in [6, 6.07) is 4.57. The molecule has 92 valence electrons. The van der Waals surface area contributed by atoms with Crippen LogP contribution in [0.25, 0.3) is 0 Å². The molecule has 0 heterocycles. The van der Waals surface area contributed by atoms with Crippen molar-refractivity contribution in [2.75, 3.05) is 0 Å². The molecule has 0 saturated heterocycles.